The van der Waals surface area contributed by atoms with E-state index in [2.05, 4.69) is 26.1 Å². The lowest BCUT2D eigenvalue weighted by Crippen LogP contribution is -2.26. The number of anilines is 2. The predicted molar refractivity (Wildman–Crippen MR) is 111 cm³/mol. The van der Waals surface area contributed by atoms with E-state index in [1.807, 2.05) is 0 Å². The Morgan fingerprint density at radius 2 is 2.03 bits per heavy atom. The number of aliphatic hydroxyl groups is 1. The van der Waals surface area contributed by atoms with Gasteiger partial charge in [-0.3, -0.25) is 0 Å². The molecule has 0 saturated heterocycles. The van der Waals surface area contributed by atoms with Gasteiger partial charge in [0, 0.05) is 24.0 Å². The molecule has 0 aliphatic carbocycles. The molecule has 3 rings (SSSR count). The Labute approximate surface area is 174 Å². The smallest absolute Gasteiger partial charge is 0.240 e. The summed E-state index contributed by atoms with van der Waals surface area (Å²) < 4.78 is 31.9. The van der Waals surface area contributed by atoms with Gasteiger partial charge in [0.25, 0.3) is 0 Å². The molecule has 3 aromatic rings. The number of nitrogens with one attached hydrogen (secondary N) is 2. The van der Waals surface area contributed by atoms with Crippen molar-refractivity contribution in [1.29, 1.82) is 5.26 Å². The van der Waals surface area contributed by atoms with Gasteiger partial charge in [-0.25, -0.2) is 23.1 Å². The van der Waals surface area contributed by atoms with Gasteiger partial charge in [-0.1, -0.05) is 6.07 Å². The van der Waals surface area contributed by atoms with E-state index >= 15 is 0 Å². The third kappa shape index (κ3) is 4.90. The molecule has 0 atom stereocenters. The van der Waals surface area contributed by atoms with Crippen molar-refractivity contribution in [3.05, 3.63) is 60.3 Å². The van der Waals surface area contributed by atoms with Gasteiger partial charge in [0.1, 0.15) is 11.8 Å². The average molecular weight is 425 g/mol. The molecule has 0 unspecified atom stereocenters. The van der Waals surface area contributed by atoms with Crippen LogP contribution in [-0.4, -0.2) is 43.8 Å². The van der Waals surface area contributed by atoms with Gasteiger partial charge in [0.15, 0.2) is 0 Å². The van der Waals surface area contributed by atoms with Crippen molar-refractivity contribution in [3.8, 4) is 23.1 Å². The standard InChI is InChI=1S/C20H19N5O4S/c1-29-19-6-5-14(11-15(19)13-21)18-7-8-22-20(25-18)24-16-3-2-4-17(12-16)30(27,28)23-9-10-26/h2-8,11-12,23,26H,9-10H2,1H3,(H,22,24,25). The van der Waals surface area contributed by atoms with E-state index in [0.29, 0.717) is 28.3 Å². The second-order valence-corrected chi connectivity index (χ2v) is 7.83. The summed E-state index contributed by atoms with van der Waals surface area (Å²) in [5.74, 6) is 0.737. The van der Waals surface area contributed by atoms with Gasteiger partial charge in [0.05, 0.1) is 29.9 Å². The number of nitriles is 1. The molecule has 0 bridgehead atoms. The van der Waals surface area contributed by atoms with Gasteiger partial charge in [-0.15, -0.1) is 0 Å². The molecule has 10 heteroatoms. The molecule has 0 spiro atoms. The quantitative estimate of drug-likeness (QED) is 0.499. The van der Waals surface area contributed by atoms with Crippen LogP contribution in [0.3, 0.4) is 0 Å². The number of hydrogen-bond donors (Lipinski definition) is 3. The molecular weight excluding hydrogens is 406 g/mol. The summed E-state index contributed by atoms with van der Waals surface area (Å²) in [6.45, 7) is -0.367. The molecule has 30 heavy (non-hydrogen) atoms. The van der Waals surface area contributed by atoms with Gasteiger partial charge < -0.3 is 15.2 Å². The molecular formula is C20H19N5O4S. The van der Waals surface area contributed by atoms with Crippen molar-refractivity contribution in [2.24, 2.45) is 0 Å². The molecule has 154 valence electrons. The fourth-order valence-electron chi connectivity index (χ4n) is 2.67. The number of methoxy groups -OCH3 is 1. The van der Waals surface area contributed by atoms with Crippen molar-refractivity contribution < 1.29 is 18.3 Å². The number of aliphatic hydroxyl groups excluding tert-OH is 1. The van der Waals surface area contributed by atoms with Crippen LogP contribution in [0.5, 0.6) is 5.75 Å². The predicted octanol–water partition coefficient (Wildman–Crippen LogP) is 2.04. The van der Waals surface area contributed by atoms with E-state index in [0.717, 1.165) is 0 Å². The molecule has 0 aliphatic rings. The molecule has 0 aliphatic heterocycles. The Balaban J connectivity index is 1.86. The van der Waals surface area contributed by atoms with E-state index in [1.54, 1.807) is 42.6 Å². The number of ether oxygens (including phenoxy) is 1. The number of sulfonamides is 1. The maximum Gasteiger partial charge on any atom is 0.240 e. The third-order valence-electron chi connectivity index (χ3n) is 4.08. The van der Waals surface area contributed by atoms with Crippen LogP contribution < -0.4 is 14.8 Å². The van der Waals surface area contributed by atoms with E-state index in [9.17, 15) is 13.7 Å². The van der Waals surface area contributed by atoms with Crippen LogP contribution in [0.1, 0.15) is 5.56 Å². The zero-order valence-corrected chi connectivity index (χ0v) is 16.8. The molecule has 0 saturated carbocycles. The third-order valence-corrected chi connectivity index (χ3v) is 5.53. The molecule has 1 aromatic heterocycles. The lowest BCUT2D eigenvalue weighted by molar-refractivity contribution is 0.301. The molecule has 2 aromatic carbocycles. The van der Waals surface area contributed by atoms with Crippen LogP contribution in [0.2, 0.25) is 0 Å². The van der Waals surface area contributed by atoms with Gasteiger partial charge >= 0.3 is 0 Å². The zero-order valence-electron chi connectivity index (χ0n) is 16.0. The highest BCUT2D eigenvalue weighted by atomic mass is 32.2. The van der Waals surface area contributed by atoms with Crippen molar-refractivity contribution in [1.82, 2.24) is 14.7 Å². The highest BCUT2D eigenvalue weighted by Gasteiger charge is 2.14. The summed E-state index contributed by atoms with van der Waals surface area (Å²) in [5, 5.41) is 21.1. The van der Waals surface area contributed by atoms with Crippen LogP contribution in [0.15, 0.2) is 59.6 Å². The minimum atomic E-state index is -3.74. The van der Waals surface area contributed by atoms with Crippen molar-refractivity contribution in [2.45, 2.75) is 4.90 Å². The Bertz CT molecular complexity index is 1190. The second kappa shape index (κ2) is 9.32. The maximum atomic E-state index is 12.2. The first-order chi connectivity index (χ1) is 14.5. The zero-order chi connectivity index (χ0) is 21.6. The number of hydrogen-bond acceptors (Lipinski definition) is 8. The first-order valence-electron chi connectivity index (χ1n) is 8.86. The van der Waals surface area contributed by atoms with Crippen LogP contribution in [0, 0.1) is 11.3 Å². The topological polar surface area (TPSA) is 137 Å². The monoisotopic (exact) mass is 425 g/mol. The average Bonchev–Trinajstić information content (AvgIpc) is 2.77. The second-order valence-electron chi connectivity index (χ2n) is 6.07. The fourth-order valence-corrected chi connectivity index (χ4v) is 3.73. The summed E-state index contributed by atoms with van der Waals surface area (Å²) in [6, 6.07) is 15.1. The fraction of sp³-hybridized carbons (Fsp3) is 0.150. The number of aromatic nitrogens is 2. The maximum absolute atomic E-state index is 12.2. The summed E-state index contributed by atoms with van der Waals surface area (Å²) in [7, 11) is -2.24. The summed E-state index contributed by atoms with van der Waals surface area (Å²) in [5.41, 5.74) is 2.16. The van der Waals surface area contributed by atoms with Gasteiger partial charge in [-0.2, -0.15) is 5.26 Å². The van der Waals surface area contributed by atoms with E-state index in [-0.39, 0.29) is 24.0 Å². The van der Waals surface area contributed by atoms with E-state index < -0.39 is 10.0 Å². The molecule has 0 radical (unpaired) electrons. The largest absolute Gasteiger partial charge is 0.495 e. The highest BCUT2D eigenvalue weighted by Crippen LogP contribution is 2.26. The first-order valence-corrected chi connectivity index (χ1v) is 10.3. The molecule has 3 N–H and O–H groups in total. The van der Waals surface area contributed by atoms with Crippen molar-refractivity contribution in [2.75, 3.05) is 25.6 Å². The Kier molecular flexibility index (Phi) is 6.58. The number of nitrogens with zero attached hydrogens (tertiary/aromatic N) is 3. The van der Waals surface area contributed by atoms with Crippen LogP contribution in [0.25, 0.3) is 11.3 Å². The highest BCUT2D eigenvalue weighted by molar-refractivity contribution is 7.89. The Morgan fingerprint density at radius 1 is 1.20 bits per heavy atom. The molecule has 1 heterocycles. The number of benzene rings is 2. The van der Waals surface area contributed by atoms with E-state index in [1.165, 1.54) is 19.2 Å². The van der Waals surface area contributed by atoms with Crippen molar-refractivity contribution in [3.63, 3.8) is 0 Å². The van der Waals surface area contributed by atoms with Crippen LogP contribution >= 0.6 is 0 Å². The minimum absolute atomic E-state index is 0.0471. The van der Waals surface area contributed by atoms with Gasteiger partial charge in [0.2, 0.25) is 16.0 Å². The molecule has 0 amide bonds. The minimum Gasteiger partial charge on any atom is -0.495 e. The van der Waals surface area contributed by atoms with Crippen molar-refractivity contribution >= 4 is 21.7 Å². The Morgan fingerprint density at radius 3 is 2.77 bits per heavy atom. The van der Waals surface area contributed by atoms with Crippen LogP contribution in [-0.2, 0) is 10.0 Å². The summed E-state index contributed by atoms with van der Waals surface area (Å²) >= 11 is 0. The van der Waals surface area contributed by atoms with Crippen LogP contribution in [0.4, 0.5) is 11.6 Å². The normalized spacial score (nSPS) is 11.0. The summed E-state index contributed by atoms with van der Waals surface area (Å²) in [4.78, 5) is 8.66. The lowest BCUT2D eigenvalue weighted by Gasteiger charge is -2.10. The first kappa shape index (κ1) is 21.2. The lowest BCUT2D eigenvalue weighted by atomic mass is 10.1. The summed E-state index contributed by atoms with van der Waals surface area (Å²) in [6.07, 6.45) is 1.56. The molecule has 9 nitrogen and oxygen atoms in total. The SMILES string of the molecule is COc1ccc(-c2ccnc(Nc3cccc(S(=O)(=O)NCCO)c3)n2)cc1C#N. The van der Waals surface area contributed by atoms with Gasteiger partial charge in [-0.05, 0) is 42.5 Å². The number of rotatable bonds is 8. The van der Waals surface area contributed by atoms with E-state index in [4.69, 9.17) is 9.84 Å². The Hall–Kier alpha value is -3.52. The molecule has 0 fully saturated rings.